The van der Waals surface area contributed by atoms with Gasteiger partial charge in [0.25, 0.3) is 5.89 Å². The van der Waals surface area contributed by atoms with Gasteiger partial charge in [-0.1, -0.05) is 52.9 Å². The molecule has 4 aromatic rings. The number of rotatable bonds is 9. The fourth-order valence-electron chi connectivity index (χ4n) is 4.42. The third-order valence-corrected chi connectivity index (χ3v) is 9.17. The highest BCUT2D eigenvalue weighted by Gasteiger charge is 2.52. The molecule has 0 spiro atoms. The van der Waals surface area contributed by atoms with Crippen molar-refractivity contribution in [3.05, 3.63) is 92.1 Å². The minimum absolute atomic E-state index is 0.0143. The van der Waals surface area contributed by atoms with Crippen LogP contribution in [0.3, 0.4) is 0 Å². The van der Waals surface area contributed by atoms with Crippen molar-refractivity contribution in [1.29, 1.82) is 0 Å². The van der Waals surface area contributed by atoms with Crippen LogP contribution in [0.15, 0.2) is 58.2 Å². The molecule has 2 aromatic heterocycles. The van der Waals surface area contributed by atoms with E-state index in [1.165, 1.54) is 30.5 Å². The first-order valence-electron chi connectivity index (χ1n) is 12.0. The first kappa shape index (κ1) is 27.7. The second-order valence-corrected chi connectivity index (χ2v) is 12.8. The molecule has 12 heteroatoms. The van der Waals surface area contributed by atoms with Crippen molar-refractivity contribution in [3.8, 4) is 11.5 Å². The predicted molar refractivity (Wildman–Crippen MR) is 146 cm³/mol. The summed E-state index contributed by atoms with van der Waals surface area (Å²) in [6, 6.07) is 10.6. The van der Waals surface area contributed by atoms with Crippen LogP contribution in [0.25, 0.3) is 11.5 Å². The molecular weight excluding hydrogens is 588 g/mol. The number of carbonyl (C=O) groups is 1. The van der Waals surface area contributed by atoms with Crippen LogP contribution in [0.1, 0.15) is 42.3 Å². The van der Waals surface area contributed by atoms with E-state index in [0.29, 0.717) is 51.0 Å². The standard InChI is InChI=1S/C27H21Cl3FN3O4S/c1-2-39(36,37)23-6-3-15(14-32-23)9-18(35)10-16-11-20(29)24(21(30)12-16)27(7-8-27)26-33-25(38-34-26)17-4-5-22(31)19(28)13-17/h3-6,11-14H,2,7-10H2,1H3. The van der Waals surface area contributed by atoms with E-state index in [0.717, 1.165) is 0 Å². The van der Waals surface area contributed by atoms with Crippen molar-refractivity contribution in [1.82, 2.24) is 15.1 Å². The predicted octanol–water partition coefficient (Wildman–Crippen LogP) is 6.46. The number of hydrogen-bond acceptors (Lipinski definition) is 7. The first-order valence-corrected chi connectivity index (χ1v) is 14.8. The van der Waals surface area contributed by atoms with E-state index >= 15 is 0 Å². The van der Waals surface area contributed by atoms with Crippen LogP contribution in [-0.4, -0.2) is 35.1 Å². The normalized spacial score (nSPS) is 14.4. The Labute approximate surface area is 239 Å². The molecule has 5 rings (SSSR count). The van der Waals surface area contributed by atoms with Gasteiger partial charge in [0.2, 0.25) is 0 Å². The van der Waals surface area contributed by atoms with Crippen molar-refractivity contribution < 1.29 is 22.1 Å². The van der Waals surface area contributed by atoms with Gasteiger partial charge in [-0.25, -0.2) is 17.8 Å². The highest BCUT2D eigenvalue weighted by molar-refractivity contribution is 7.91. The zero-order valence-corrected chi connectivity index (χ0v) is 23.6. The van der Waals surface area contributed by atoms with Crippen LogP contribution in [0.2, 0.25) is 15.1 Å². The molecule has 0 saturated heterocycles. The molecule has 2 heterocycles. The molecule has 39 heavy (non-hydrogen) atoms. The Bertz CT molecular complexity index is 1660. The van der Waals surface area contributed by atoms with Crippen LogP contribution < -0.4 is 0 Å². The Hall–Kier alpha value is -2.85. The highest BCUT2D eigenvalue weighted by atomic mass is 35.5. The van der Waals surface area contributed by atoms with Crippen LogP contribution in [0.5, 0.6) is 0 Å². The maximum Gasteiger partial charge on any atom is 0.258 e. The minimum Gasteiger partial charge on any atom is -0.334 e. The van der Waals surface area contributed by atoms with Gasteiger partial charge in [0, 0.05) is 40.2 Å². The van der Waals surface area contributed by atoms with E-state index < -0.39 is 21.1 Å². The monoisotopic (exact) mass is 607 g/mol. The van der Waals surface area contributed by atoms with Crippen molar-refractivity contribution in [3.63, 3.8) is 0 Å². The van der Waals surface area contributed by atoms with Crippen molar-refractivity contribution in [2.24, 2.45) is 0 Å². The number of sulfone groups is 1. The fraction of sp³-hybridized carbons (Fsp3) is 0.259. The third kappa shape index (κ3) is 5.59. The molecule has 0 N–H and O–H groups in total. The van der Waals surface area contributed by atoms with Gasteiger partial charge in [0.15, 0.2) is 20.7 Å². The zero-order valence-electron chi connectivity index (χ0n) is 20.5. The molecular formula is C27H21Cl3FN3O4S. The summed E-state index contributed by atoms with van der Waals surface area (Å²) in [5.74, 6) is -0.0969. The smallest absolute Gasteiger partial charge is 0.258 e. The lowest BCUT2D eigenvalue weighted by molar-refractivity contribution is -0.117. The van der Waals surface area contributed by atoms with Gasteiger partial charge in [-0.3, -0.25) is 4.79 Å². The van der Waals surface area contributed by atoms with E-state index in [-0.39, 0.29) is 40.3 Å². The number of pyridine rings is 1. The average molecular weight is 609 g/mol. The second kappa shape index (κ2) is 10.6. The zero-order chi connectivity index (χ0) is 27.9. The van der Waals surface area contributed by atoms with Gasteiger partial charge in [0.1, 0.15) is 11.6 Å². The summed E-state index contributed by atoms with van der Waals surface area (Å²) >= 11 is 19.2. The summed E-state index contributed by atoms with van der Waals surface area (Å²) in [7, 11) is -3.41. The Morgan fingerprint density at radius 1 is 1.00 bits per heavy atom. The van der Waals surface area contributed by atoms with Crippen LogP contribution in [0.4, 0.5) is 4.39 Å². The number of hydrogen-bond donors (Lipinski definition) is 0. The van der Waals surface area contributed by atoms with Crippen molar-refractivity contribution in [2.45, 2.75) is 43.0 Å². The first-order chi connectivity index (χ1) is 18.5. The molecule has 2 aromatic carbocycles. The van der Waals surface area contributed by atoms with Crippen LogP contribution in [0, 0.1) is 5.82 Å². The topological polar surface area (TPSA) is 103 Å². The molecule has 0 atom stereocenters. The molecule has 7 nitrogen and oxygen atoms in total. The minimum atomic E-state index is -3.41. The quantitative estimate of drug-likeness (QED) is 0.215. The molecule has 0 bridgehead atoms. The van der Waals surface area contributed by atoms with E-state index in [1.54, 1.807) is 25.1 Å². The molecule has 0 radical (unpaired) electrons. The number of nitrogens with zero attached hydrogens (tertiary/aromatic N) is 3. The Balaban J connectivity index is 1.33. The lowest BCUT2D eigenvalue weighted by Crippen LogP contribution is -2.14. The summed E-state index contributed by atoms with van der Waals surface area (Å²) in [5.41, 5.74) is 1.76. The van der Waals surface area contributed by atoms with Crippen LogP contribution in [-0.2, 0) is 32.9 Å². The number of benzene rings is 2. The second-order valence-electron chi connectivity index (χ2n) is 9.37. The van der Waals surface area contributed by atoms with Gasteiger partial charge in [-0.05, 0) is 60.4 Å². The molecule has 0 aliphatic heterocycles. The SMILES string of the molecule is CCS(=O)(=O)c1ccc(CC(=O)Cc2cc(Cl)c(C3(c4noc(-c5ccc(F)c(Cl)c5)n4)CC3)c(Cl)c2)cn1. The lowest BCUT2D eigenvalue weighted by atomic mass is 9.92. The Morgan fingerprint density at radius 3 is 2.28 bits per heavy atom. The number of carbonyl (C=O) groups excluding carboxylic acids is 1. The number of halogens is 4. The fourth-order valence-corrected chi connectivity index (χ4v) is 6.28. The maximum atomic E-state index is 13.5. The van der Waals surface area contributed by atoms with Gasteiger partial charge in [-0.15, -0.1) is 0 Å². The maximum absolute atomic E-state index is 13.5. The van der Waals surface area contributed by atoms with Gasteiger partial charge >= 0.3 is 0 Å². The Kier molecular flexibility index (Phi) is 7.54. The summed E-state index contributed by atoms with van der Waals surface area (Å²) < 4.78 is 42.8. The van der Waals surface area contributed by atoms with E-state index in [9.17, 15) is 17.6 Å². The van der Waals surface area contributed by atoms with Gasteiger partial charge in [0.05, 0.1) is 16.2 Å². The van der Waals surface area contributed by atoms with Gasteiger partial charge in [-0.2, -0.15) is 4.98 Å². The van der Waals surface area contributed by atoms with Gasteiger partial charge < -0.3 is 4.52 Å². The van der Waals surface area contributed by atoms with E-state index in [1.807, 2.05) is 0 Å². The molecule has 1 aliphatic rings. The highest BCUT2D eigenvalue weighted by Crippen LogP contribution is 2.56. The summed E-state index contributed by atoms with van der Waals surface area (Å²) in [6.07, 6.45) is 2.97. The van der Waals surface area contributed by atoms with Crippen LogP contribution >= 0.6 is 34.8 Å². The summed E-state index contributed by atoms with van der Waals surface area (Å²) in [4.78, 5) is 21.2. The summed E-state index contributed by atoms with van der Waals surface area (Å²) in [5, 5.41) is 4.84. The Morgan fingerprint density at radius 2 is 1.69 bits per heavy atom. The van der Waals surface area contributed by atoms with Crippen molar-refractivity contribution >= 4 is 50.4 Å². The number of ketones is 1. The van der Waals surface area contributed by atoms with E-state index in [2.05, 4.69) is 15.1 Å². The molecule has 1 fully saturated rings. The van der Waals surface area contributed by atoms with E-state index in [4.69, 9.17) is 39.3 Å². The number of Topliss-reactive ketones (excluding diaryl/α,β-unsaturated/α-hetero) is 1. The van der Waals surface area contributed by atoms with Crippen molar-refractivity contribution in [2.75, 3.05) is 5.75 Å². The third-order valence-electron chi connectivity index (χ3n) is 6.65. The molecule has 1 aliphatic carbocycles. The molecule has 0 amide bonds. The summed E-state index contributed by atoms with van der Waals surface area (Å²) in [6.45, 7) is 1.55. The average Bonchev–Trinajstić information content (AvgIpc) is 3.51. The largest absolute Gasteiger partial charge is 0.334 e. The molecule has 0 unspecified atom stereocenters. The molecule has 1 saturated carbocycles. The number of aromatic nitrogens is 3. The molecule has 202 valence electrons. The lowest BCUT2D eigenvalue weighted by Gasteiger charge is -2.16.